The first-order chi connectivity index (χ1) is 10.0. The standard InChI is InChI=1S/C17H18INO2/c1-12-3-5-14(6-4-12)11-19-17(20)13(2)21-16-9-7-15(18)8-10-16/h3-10,13H,11H2,1-2H3,(H,19,20)/t13-/m1/s1. The molecular formula is C17H18INO2. The van der Waals surface area contributed by atoms with Crippen LogP contribution < -0.4 is 10.1 Å². The summed E-state index contributed by atoms with van der Waals surface area (Å²) in [4.78, 5) is 12.0. The van der Waals surface area contributed by atoms with Crippen molar-refractivity contribution in [2.45, 2.75) is 26.5 Å². The lowest BCUT2D eigenvalue weighted by Gasteiger charge is -2.15. The van der Waals surface area contributed by atoms with Crippen LogP contribution in [0.1, 0.15) is 18.1 Å². The monoisotopic (exact) mass is 395 g/mol. The van der Waals surface area contributed by atoms with Crippen LogP contribution in [0.25, 0.3) is 0 Å². The summed E-state index contributed by atoms with van der Waals surface area (Å²) >= 11 is 2.23. The largest absolute Gasteiger partial charge is 0.481 e. The number of nitrogens with one attached hydrogen (secondary N) is 1. The number of hydrogen-bond acceptors (Lipinski definition) is 2. The zero-order chi connectivity index (χ0) is 15.2. The van der Waals surface area contributed by atoms with E-state index < -0.39 is 6.10 Å². The Hall–Kier alpha value is -1.56. The van der Waals surface area contributed by atoms with E-state index in [4.69, 9.17) is 4.74 Å². The molecule has 0 saturated carbocycles. The van der Waals surface area contributed by atoms with Crippen LogP contribution in [0, 0.1) is 10.5 Å². The molecular weight excluding hydrogens is 377 g/mol. The Morgan fingerprint density at radius 3 is 2.38 bits per heavy atom. The molecule has 0 unspecified atom stereocenters. The van der Waals surface area contributed by atoms with Crippen molar-refractivity contribution in [1.29, 1.82) is 0 Å². The molecule has 2 aromatic rings. The summed E-state index contributed by atoms with van der Waals surface area (Å²) in [5, 5.41) is 2.88. The minimum absolute atomic E-state index is 0.117. The number of hydrogen-bond donors (Lipinski definition) is 1. The molecule has 0 aromatic heterocycles. The maximum atomic E-state index is 12.0. The topological polar surface area (TPSA) is 38.3 Å². The summed E-state index contributed by atoms with van der Waals surface area (Å²) < 4.78 is 6.76. The van der Waals surface area contributed by atoms with Crippen molar-refractivity contribution in [3.63, 3.8) is 0 Å². The SMILES string of the molecule is Cc1ccc(CNC(=O)[C@@H](C)Oc2ccc(I)cc2)cc1. The zero-order valence-corrected chi connectivity index (χ0v) is 14.3. The molecule has 0 heterocycles. The Morgan fingerprint density at radius 1 is 1.14 bits per heavy atom. The smallest absolute Gasteiger partial charge is 0.261 e. The minimum atomic E-state index is -0.518. The van der Waals surface area contributed by atoms with Crippen LogP contribution >= 0.6 is 22.6 Å². The fourth-order valence-electron chi connectivity index (χ4n) is 1.81. The van der Waals surface area contributed by atoms with Crippen LogP contribution in [0.3, 0.4) is 0 Å². The molecule has 1 amide bonds. The molecule has 0 bridgehead atoms. The van der Waals surface area contributed by atoms with Crippen molar-refractivity contribution in [3.05, 3.63) is 63.2 Å². The third-order valence-electron chi connectivity index (χ3n) is 3.08. The van der Waals surface area contributed by atoms with Gasteiger partial charge in [-0.3, -0.25) is 4.79 Å². The summed E-state index contributed by atoms with van der Waals surface area (Å²) in [6, 6.07) is 15.7. The van der Waals surface area contributed by atoms with E-state index in [-0.39, 0.29) is 5.91 Å². The number of aryl methyl sites for hydroxylation is 1. The maximum absolute atomic E-state index is 12.0. The highest BCUT2D eigenvalue weighted by Gasteiger charge is 2.14. The van der Waals surface area contributed by atoms with Crippen molar-refractivity contribution < 1.29 is 9.53 Å². The van der Waals surface area contributed by atoms with E-state index in [1.807, 2.05) is 55.5 Å². The highest BCUT2D eigenvalue weighted by molar-refractivity contribution is 14.1. The lowest BCUT2D eigenvalue weighted by molar-refractivity contribution is -0.127. The van der Waals surface area contributed by atoms with Crippen LogP contribution in [-0.2, 0) is 11.3 Å². The third kappa shape index (κ3) is 5.04. The van der Waals surface area contributed by atoms with Crippen molar-refractivity contribution in [3.8, 4) is 5.75 Å². The van der Waals surface area contributed by atoms with Crippen molar-refractivity contribution in [2.24, 2.45) is 0 Å². The van der Waals surface area contributed by atoms with Gasteiger partial charge >= 0.3 is 0 Å². The van der Waals surface area contributed by atoms with Gasteiger partial charge in [-0.1, -0.05) is 29.8 Å². The van der Waals surface area contributed by atoms with Crippen molar-refractivity contribution in [2.75, 3.05) is 0 Å². The Bertz CT molecular complexity index is 593. The van der Waals surface area contributed by atoms with E-state index in [0.717, 1.165) is 9.13 Å². The van der Waals surface area contributed by atoms with Gasteiger partial charge in [-0.2, -0.15) is 0 Å². The number of carbonyl (C=O) groups is 1. The predicted molar refractivity (Wildman–Crippen MR) is 92.3 cm³/mol. The van der Waals surface area contributed by atoms with E-state index in [9.17, 15) is 4.79 Å². The number of benzene rings is 2. The first kappa shape index (κ1) is 15.8. The highest BCUT2D eigenvalue weighted by Crippen LogP contribution is 2.15. The molecule has 0 aliphatic rings. The second kappa shape index (κ2) is 7.45. The molecule has 3 nitrogen and oxygen atoms in total. The second-order valence-corrected chi connectivity index (χ2v) is 6.16. The van der Waals surface area contributed by atoms with E-state index in [1.165, 1.54) is 5.56 Å². The van der Waals surface area contributed by atoms with E-state index >= 15 is 0 Å². The third-order valence-corrected chi connectivity index (χ3v) is 3.80. The van der Waals surface area contributed by atoms with Crippen LogP contribution in [0.2, 0.25) is 0 Å². The van der Waals surface area contributed by atoms with E-state index in [1.54, 1.807) is 6.92 Å². The normalized spacial score (nSPS) is 11.8. The highest BCUT2D eigenvalue weighted by atomic mass is 127. The lowest BCUT2D eigenvalue weighted by Crippen LogP contribution is -2.35. The van der Waals surface area contributed by atoms with Crippen LogP contribution in [0.5, 0.6) is 5.75 Å². The van der Waals surface area contributed by atoms with Crippen molar-refractivity contribution >= 4 is 28.5 Å². The molecule has 4 heteroatoms. The number of amides is 1. The molecule has 2 rings (SSSR count). The first-order valence-electron chi connectivity index (χ1n) is 6.80. The van der Waals surface area contributed by atoms with Gasteiger partial charge in [0.15, 0.2) is 6.10 Å². The van der Waals surface area contributed by atoms with Gasteiger partial charge in [-0.05, 0) is 66.3 Å². The Labute approximate surface area is 138 Å². The van der Waals surface area contributed by atoms with Crippen LogP contribution in [0.15, 0.2) is 48.5 Å². The molecule has 110 valence electrons. The molecule has 1 atom stereocenters. The van der Waals surface area contributed by atoms with Gasteiger partial charge in [-0.15, -0.1) is 0 Å². The molecule has 21 heavy (non-hydrogen) atoms. The van der Waals surface area contributed by atoms with Gasteiger partial charge in [0.05, 0.1) is 0 Å². The lowest BCUT2D eigenvalue weighted by atomic mass is 10.1. The zero-order valence-electron chi connectivity index (χ0n) is 12.1. The fraction of sp³-hybridized carbons (Fsp3) is 0.235. The van der Waals surface area contributed by atoms with Gasteiger partial charge in [0, 0.05) is 10.1 Å². The van der Waals surface area contributed by atoms with Gasteiger partial charge in [-0.25, -0.2) is 0 Å². The van der Waals surface area contributed by atoms with Crippen LogP contribution in [0.4, 0.5) is 0 Å². The Morgan fingerprint density at radius 2 is 1.76 bits per heavy atom. The molecule has 2 aromatic carbocycles. The molecule has 0 aliphatic heterocycles. The van der Waals surface area contributed by atoms with E-state index in [2.05, 4.69) is 27.9 Å². The summed E-state index contributed by atoms with van der Waals surface area (Å²) in [7, 11) is 0. The van der Waals surface area contributed by atoms with E-state index in [0.29, 0.717) is 12.3 Å². The Kier molecular flexibility index (Phi) is 5.61. The summed E-state index contributed by atoms with van der Waals surface area (Å²) in [6.45, 7) is 4.31. The van der Waals surface area contributed by atoms with Crippen molar-refractivity contribution in [1.82, 2.24) is 5.32 Å². The number of carbonyl (C=O) groups excluding carboxylic acids is 1. The average Bonchev–Trinajstić information content (AvgIpc) is 2.48. The number of rotatable bonds is 5. The molecule has 0 aliphatic carbocycles. The summed E-state index contributed by atoms with van der Waals surface area (Å²) in [5.74, 6) is 0.586. The maximum Gasteiger partial charge on any atom is 0.261 e. The minimum Gasteiger partial charge on any atom is -0.481 e. The summed E-state index contributed by atoms with van der Waals surface area (Å²) in [6.07, 6.45) is -0.518. The average molecular weight is 395 g/mol. The second-order valence-electron chi connectivity index (χ2n) is 4.92. The molecule has 0 saturated heterocycles. The molecule has 0 spiro atoms. The predicted octanol–water partition coefficient (Wildman–Crippen LogP) is 3.68. The summed E-state index contributed by atoms with van der Waals surface area (Å²) in [5.41, 5.74) is 2.29. The number of halogens is 1. The fourth-order valence-corrected chi connectivity index (χ4v) is 2.17. The van der Waals surface area contributed by atoms with Gasteiger partial charge in [0.2, 0.25) is 0 Å². The molecule has 1 N–H and O–H groups in total. The molecule has 0 radical (unpaired) electrons. The Balaban J connectivity index is 1.84. The van der Waals surface area contributed by atoms with Gasteiger partial charge in [0.25, 0.3) is 5.91 Å². The first-order valence-corrected chi connectivity index (χ1v) is 7.88. The van der Waals surface area contributed by atoms with Crippen LogP contribution in [-0.4, -0.2) is 12.0 Å². The van der Waals surface area contributed by atoms with Gasteiger partial charge < -0.3 is 10.1 Å². The van der Waals surface area contributed by atoms with Gasteiger partial charge in [0.1, 0.15) is 5.75 Å². The number of ether oxygens (including phenoxy) is 1. The molecule has 0 fully saturated rings. The quantitative estimate of drug-likeness (QED) is 0.785.